The zero-order valence-corrected chi connectivity index (χ0v) is 40.6. The maximum atomic E-state index is 13.1. The summed E-state index contributed by atoms with van der Waals surface area (Å²) in [6.07, 6.45) is -2.03. The minimum absolute atomic E-state index is 0.00440. The Labute approximate surface area is 413 Å². The molecule has 0 aromatic carbocycles. The van der Waals surface area contributed by atoms with E-state index in [1.165, 1.54) is 0 Å². The first kappa shape index (κ1) is 60.3. The Morgan fingerprint density at radius 3 is 1.49 bits per heavy atom. The Morgan fingerprint density at radius 2 is 1.08 bits per heavy atom. The summed E-state index contributed by atoms with van der Waals surface area (Å²) < 4.78 is 10.6. The number of amides is 7. The van der Waals surface area contributed by atoms with Gasteiger partial charge in [0.05, 0.1) is 12.1 Å². The van der Waals surface area contributed by atoms with Gasteiger partial charge in [-0.1, -0.05) is 0 Å². The van der Waals surface area contributed by atoms with Crippen LogP contribution in [0.2, 0.25) is 0 Å². The second kappa shape index (κ2) is 32.1. The van der Waals surface area contributed by atoms with Crippen molar-refractivity contribution in [2.45, 2.75) is 175 Å². The summed E-state index contributed by atoms with van der Waals surface area (Å²) in [4.78, 5) is 90.2. The van der Waals surface area contributed by atoms with Gasteiger partial charge in [0.1, 0.15) is 31.0 Å². The van der Waals surface area contributed by atoms with E-state index in [0.29, 0.717) is 84.0 Å². The Hall–Kier alpha value is -5.04. The maximum absolute atomic E-state index is 13.1. The molecule has 0 radical (unpaired) electrons. The molecule has 3 rings (SSSR count). The monoisotopic (exact) mass is 1010 g/mol. The van der Waals surface area contributed by atoms with Gasteiger partial charge in [-0.05, 0) is 70.8 Å². The van der Waals surface area contributed by atoms with E-state index in [2.05, 4.69) is 47.5 Å². The summed E-state index contributed by atoms with van der Waals surface area (Å²) in [7, 11) is 0. The predicted molar refractivity (Wildman–Crippen MR) is 259 cm³/mol. The van der Waals surface area contributed by atoms with Crippen molar-refractivity contribution in [3.8, 4) is 0 Å². The van der Waals surface area contributed by atoms with E-state index < -0.39 is 91.4 Å². The molecule has 3 aliphatic heterocycles. The number of β-amino-alcohol motifs (C(OH)–C–C–N with tert-alkyl or cyclic N) is 1. The number of aliphatic hydroxyl groups excluding tert-OH is 3. The van der Waals surface area contributed by atoms with Gasteiger partial charge in [0.25, 0.3) is 0 Å². The molecule has 0 bridgehead atoms. The van der Waals surface area contributed by atoms with Crippen molar-refractivity contribution in [3.63, 3.8) is 0 Å². The Balaban J connectivity index is 1.24. The zero-order chi connectivity index (χ0) is 52.5. The van der Waals surface area contributed by atoms with Crippen molar-refractivity contribution in [1.29, 1.82) is 0 Å². The lowest BCUT2D eigenvalue weighted by Crippen LogP contribution is -2.69. The van der Waals surface area contributed by atoms with Crippen molar-refractivity contribution in [2.24, 2.45) is 45.1 Å². The topological polar surface area (TPSA) is 489 Å². The molecule has 8 unspecified atom stereocenters. The summed E-state index contributed by atoms with van der Waals surface area (Å²) in [5.41, 5.74) is 41.0. The van der Waals surface area contributed by atoms with Crippen molar-refractivity contribution in [3.05, 3.63) is 0 Å². The normalized spacial score (nSPS) is 24.8. The molecule has 0 saturated carbocycles. The third-order valence-corrected chi connectivity index (χ3v) is 12.1. The number of hydrogen-bond acceptors (Lipinski definition) is 21. The van der Waals surface area contributed by atoms with Crippen LogP contribution in [0.15, 0.2) is 4.99 Å². The van der Waals surface area contributed by atoms with Crippen LogP contribution >= 0.6 is 0 Å². The quantitative estimate of drug-likeness (QED) is 0.0272. The Morgan fingerprint density at radius 1 is 0.662 bits per heavy atom. The molecule has 2 saturated heterocycles. The largest absolute Gasteiger partial charge is 0.447 e. The fraction of sp³-hybridized carbons (Fsp3) is 0.814. The number of rotatable bonds is 33. The molecule has 28 nitrogen and oxygen atoms in total. The Bertz CT molecular complexity index is 1740. The predicted octanol–water partition coefficient (Wildman–Crippen LogP) is -7.30. The van der Waals surface area contributed by atoms with Crippen molar-refractivity contribution < 1.29 is 58.4 Å². The minimum atomic E-state index is -1.65. The van der Waals surface area contributed by atoms with E-state index >= 15 is 0 Å². The fourth-order valence-electron chi connectivity index (χ4n) is 8.21. The molecule has 406 valence electrons. The second-order valence-electron chi connectivity index (χ2n) is 18.6. The van der Waals surface area contributed by atoms with Gasteiger partial charge in [-0.15, -0.1) is 0 Å². The van der Waals surface area contributed by atoms with Crippen LogP contribution in [0.1, 0.15) is 96.3 Å². The van der Waals surface area contributed by atoms with Crippen LogP contribution in [0.5, 0.6) is 0 Å². The van der Waals surface area contributed by atoms with Crippen LogP contribution < -0.4 is 82.7 Å². The summed E-state index contributed by atoms with van der Waals surface area (Å²) in [6.45, 7) is 1.48. The van der Waals surface area contributed by atoms with Gasteiger partial charge < -0.3 is 107 Å². The highest BCUT2D eigenvalue weighted by Gasteiger charge is 2.48. The van der Waals surface area contributed by atoms with E-state index in [-0.39, 0.29) is 86.9 Å². The molecule has 0 aromatic rings. The first-order valence-electron chi connectivity index (χ1n) is 24.6. The van der Waals surface area contributed by atoms with Crippen LogP contribution in [0, 0.1) is 0 Å². The highest BCUT2D eigenvalue weighted by molar-refractivity contribution is 5.93. The van der Waals surface area contributed by atoms with E-state index in [1.54, 1.807) is 0 Å². The summed E-state index contributed by atoms with van der Waals surface area (Å²) in [6, 6.07) is -5.09. The lowest BCUT2D eigenvalue weighted by molar-refractivity contribution is -0.198. The van der Waals surface area contributed by atoms with Gasteiger partial charge in [-0.2, -0.15) is 0 Å². The minimum Gasteiger partial charge on any atom is -0.447 e. The molecule has 3 aliphatic rings. The molecule has 2 fully saturated rings. The molecule has 25 N–H and O–H groups in total. The maximum Gasteiger partial charge on any atom is 0.404 e. The summed E-state index contributed by atoms with van der Waals surface area (Å²) in [5, 5.41) is 54.3. The number of piperidine rings is 1. The number of aliphatic hydroxyl groups is 3. The number of nitrogens with one attached hydrogen (secondary N) is 8. The van der Waals surface area contributed by atoms with E-state index in [0.717, 1.165) is 6.42 Å². The van der Waals surface area contributed by atoms with Gasteiger partial charge in [-0.25, -0.2) is 9.79 Å². The number of nitrogens with zero attached hydrogens (tertiary/aromatic N) is 1. The number of carbonyl (C=O) groups is 7. The number of fused-ring (bicyclic) bond motifs is 1. The summed E-state index contributed by atoms with van der Waals surface area (Å²) >= 11 is 0. The summed E-state index contributed by atoms with van der Waals surface area (Å²) in [5.74, 6) is -1.80. The van der Waals surface area contributed by atoms with Gasteiger partial charge >= 0.3 is 6.09 Å². The SMILES string of the molecule is NCCCC(N)CC(=O)NCCCC(N)CC(=O)NCCCC(N)CC(=O)NCCCC(N)CC(=O)NCCCC(N)CC(=O)N[C@@H]1[C@H](O)[C@@H](O)[C@@H](COC(N)=O)O[C@H]1NC1=NC2C(=O)NCC(O)C2N1. The van der Waals surface area contributed by atoms with Gasteiger partial charge in [-0.3, -0.25) is 28.8 Å². The fourth-order valence-corrected chi connectivity index (χ4v) is 8.21. The van der Waals surface area contributed by atoms with Crippen LogP contribution in [-0.4, -0.2) is 188 Å². The molecule has 3 heterocycles. The lowest BCUT2D eigenvalue weighted by atomic mass is 9.95. The van der Waals surface area contributed by atoms with Crippen LogP contribution in [-0.2, 0) is 38.2 Å². The van der Waals surface area contributed by atoms with Crippen LogP contribution in [0.25, 0.3) is 0 Å². The number of guanidine groups is 1. The molecule has 0 aromatic heterocycles. The highest BCUT2D eigenvalue weighted by atomic mass is 16.6. The molecule has 0 spiro atoms. The van der Waals surface area contributed by atoms with E-state index in [1.807, 2.05) is 0 Å². The Kier molecular flexibility index (Phi) is 27.3. The molecule has 13 atom stereocenters. The third kappa shape index (κ3) is 23.4. The van der Waals surface area contributed by atoms with E-state index in [9.17, 15) is 48.9 Å². The number of ether oxygens (including phenoxy) is 2. The van der Waals surface area contributed by atoms with Gasteiger partial charge in [0, 0.05) is 95.0 Å². The van der Waals surface area contributed by atoms with E-state index in [4.69, 9.17) is 49.6 Å². The molecule has 7 amide bonds. The molecule has 0 aliphatic carbocycles. The molecular formula is C43H82N16O12. The van der Waals surface area contributed by atoms with Crippen molar-refractivity contribution in [1.82, 2.24) is 42.5 Å². The van der Waals surface area contributed by atoms with Crippen LogP contribution in [0.4, 0.5) is 4.79 Å². The first-order chi connectivity index (χ1) is 33.8. The smallest absolute Gasteiger partial charge is 0.404 e. The lowest BCUT2D eigenvalue weighted by Gasteiger charge is -2.43. The standard InChI is InChI=1S/C43H82N16O12/c44-11-1-6-23(45)16-30(61)51-12-2-7-24(46)17-31(62)52-13-3-8-25(47)18-32(63)53-14-4-9-26(48)19-33(64)54-15-5-10-27(49)20-34(65)56-37-39(67)38(66)29(22-70-42(50)69)71-41(37)59-43-57-35-28(60)21-55-40(68)36(35)58-43/h23-29,35-39,41,60,66-67H,1-22,44-49H2,(H2,50,69)(H,51,61)(H,52,62)(H,53,63)(H,54,64)(H,55,68)(H,56,65)(H2,57,58,59)/t23?,24?,25?,26?,27?,28?,29-,35?,36?,37-,38+,39+,41-/m1/s1. The second-order valence-corrected chi connectivity index (χ2v) is 18.6. The third-order valence-electron chi connectivity index (χ3n) is 12.1. The number of hydrogen-bond donors (Lipinski definition) is 18. The number of nitrogens with two attached hydrogens (primary N) is 7. The van der Waals surface area contributed by atoms with Crippen molar-refractivity contribution >= 4 is 47.5 Å². The van der Waals surface area contributed by atoms with Gasteiger partial charge in [0.15, 0.2) is 18.2 Å². The average Bonchev–Trinajstić information content (AvgIpc) is 3.74. The first-order valence-corrected chi connectivity index (χ1v) is 24.6. The number of primary amides is 1. The molecular weight excluding hydrogens is 933 g/mol. The molecule has 28 heteroatoms. The van der Waals surface area contributed by atoms with Gasteiger partial charge in [0.2, 0.25) is 35.4 Å². The van der Waals surface area contributed by atoms with Crippen LogP contribution in [0.3, 0.4) is 0 Å². The average molecular weight is 1020 g/mol. The zero-order valence-electron chi connectivity index (χ0n) is 40.6. The number of carbonyl (C=O) groups excluding carboxylic acids is 7. The van der Waals surface area contributed by atoms with Crippen molar-refractivity contribution in [2.75, 3.05) is 45.9 Å². The highest BCUT2D eigenvalue weighted by Crippen LogP contribution is 2.22. The number of aliphatic imine (C=N–C) groups is 1. The molecule has 71 heavy (non-hydrogen) atoms.